The molecule has 150 valence electrons. The van der Waals surface area contributed by atoms with E-state index in [0.29, 0.717) is 35.9 Å². The van der Waals surface area contributed by atoms with Crippen molar-refractivity contribution in [1.82, 2.24) is 9.80 Å². The maximum atomic E-state index is 13.1. The maximum Gasteiger partial charge on any atom is 0.257 e. The highest BCUT2D eigenvalue weighted by Gasteiger charge is 2.26. The van der Waals surface area contributed by atoms with Crippen LogP contribution in [0, 0.1) is 6.92 Å². The summed E-state index contributed by atoms with van der Waals surface area (Å²) in [5.41, 5.74) is 3.06. The van der Waals surface area contributed by atoms with Gasteiger partial charge in [-0.3, -0.25) is 9.69 Å². The van der Waals surface area contributed by atoms with Crippen molar-refractivity contribution >= 4 is 5.91 Å². The van der Waals surface area contributed by atoms with Gasteiger partial charge in [-0.15, -0.1) is 0 Å². The Bertz CT molecular complexity index is 812. The fraction of sp³-hybridized carbons (Fsp3) is 0.409. The lowest BCUT2D eigenvalue weighted by atomic mass is 10.1. The number of hydrogen-bond acceptors (Lipinski definition) is 5. The summed E-state index contributed by atoms with van der Waals surface area (Å²) in [5, 5.41) is 0. The van der Waals surface area contributed by atoms with Gasteiger partial charge in [-0.2, -0.15) is 0 Å². The molecule has 2 aromatic rings. The number of amides is 1. The molecule has 1 saturated heterocycles. The SMILES string of the molecule is COc1cc(OC)c(C(=O)N2CCN(Cc3ccc(C)cc3)CC2)cc1OC. The zero-order valence-electron chi connectivity index (χ0n) is 17.0. The van der Waals surface area contributed by atoms with E-state index in [0.717, 1.165) is 19.6 Å². The van der Waals surface area contributed by atoms with Crippen LogP contribution < -0.4 is 14.2 Å². The lowest BCUT2D eigenvalue weighted by molar-refractivity contribution is 0.0625. The molecule has 3 rings (SSSR count). The first-order valence-corrected chi connectivity index (χ1v) is 9.43. The van der Waals surface area contributed by atoms with Gasteiger partial charge in [0, 0.05) is 44.9 Å². The van der Waals surface area contributed by atoms with Crippen LogP contribution in [0.1, 0.15) is 21.5 Å². The van der Waals surface area contributed by atoms with Crippen LogP contribution in [0.25, 0.3) is 0 Å². The number of ether oxygens (including phenoxy) is 3. The topological polar surface area (TPSA) is 51.2 Å². The number of nitrogens with zero attached hydrogens (tertiary/aromatic N) is 2. The Morgan fingerprint density at radius 3 is 2.00 bits per heavy atom. The molecule has 0 aliphatic carbocycles. The van der Waals surface area contributed by atoms with E-state index in [4.69, 9.17) is 14.2 Å². The van der Waals surface area contributed by atoms with E-state index in [9.17, 15) is 4.79 Å². The molecular formula is C22H28N2O4. The average molecular weight is 384 g/mol. The van der Waals surface area contributed by atoms with Crippen molar-refractivity contribution in [2.75, 3.05) is 47.5 Å². The third kappa shape index (κ3) is 4.39. The lowest BCUT2D eigenvalue weighted by Gasteiger charge is -2.35. The van der Waals surface area contributed by atoms with Crippen LogP contribution in [0.4, 0.5) is 0 Å². The highest BCUT2D eigenvalue weighted by atomic mass is 16.5. The molecule has 0 atom stereocenters. The van der Waals surface area contributed by atoms with Crippen molar-refractivity contribution in [3.63, 3.8) is 0 Å². The monoisotopic (exact) mass is 384 g/mol. The van der Waals surface area contributed by atoms with E-state index >= 15 is 0 Å². The molecule has 0 aromatic heterocycles. The number of carbonyl (C=O) groups is 1. The van der Waals surface area contributed by atoms with Gasteiger partial charge in [0.15, 0.2) is 11.5 Å². The van der Waals surface area contributed by atoms with E-state index in [1.54, 1.807) is 33.5 Å². The predicted octanol–water partition coefficient (Wildman–Crippen LogP) is 2.98. The standard InChI is InChI=1S/C22H28N2O4/c1-16-5-7-17(8-6-16)15-23-9-11-24(12-10-23)22(25)18-13-20(27-3)21(28-4)14-19(18)26-2/h5-8,13-14H,9-12,15H2,1-4H3. The van der Waals surface area contributed by atoms with Gasteiger partial charge in [-0.1, -0.05) is 29.8 Å². The minimum atomic E-state index is -0.0483. The first kappa shape index (κ1) is 20.0. The normalized spacial score (nSPS) is 14.6. The molecule has 1 aliphatic rings. The predicted molar refractivity (Wildman–Crippen MR) is 108 cm³/mol. The summed E-state index contributed by atoms with van der Waals surface area (Å²) < 4.78 is 16.1. The molecular weight excluding hydrogens is 356 g/mol. The summed E-state index contributed by atoms with van der Waals surface area (Å²) in [7, 11) is 4.67. The Morgan fingerprint density at radius 2 is 1.43 bits per heavy atom. The van der Waals surface area contributed by atoms with Gasteiger partial charge in [0.25, 0.3) is 5.91 Å². The molecule has 0 bridgehead atoms. The van der Waals surface area contributed by atoms with Crippen molar-refractivity contribution in [3.8, 4) is 17.2 Å². The van der Waals surface area contributed by atoms with Crippen LogP contribution in [0.2, 0.25) is 0 Å². The van der Waals surface area contributed by atoms with E-state index in [1.165, 1.54) is 11.1 Å². The fourth-order valence-corrected chi connectivity index (χ4v) is 3.43. The van der Waals surface area contributed by atoms with E-state index in [2.05, 4.69) is 36.1 Å². The Hall–Kier alpha value is -2.73. The number of carbonyl (C=O) groups excluding carboxylic acids is 1. The molecule has 0 radical (unpaired) electrons. The van der Waals surface area contributed by atoms with Crippen LogP contribution in [-0.4, -0.2) is 63.2 Å². The number of methoxy groups -OCH3 is 3. The first-order chi connectivity index (χ1) is 13.5. The summed E-state index contributed by atoms with van der Waals surface area (Å²) in [5.74, 6) is 1.50. The third-order valence-corrected chi connectivity index (χ3v) is 5.12. The summed E-state index contributed by atoms with van der Waals surface area (Å²) >= 11 is 0. The molecule has 0 N–H and O–H groups in total. The van der Waals surface area contributed by atoms with Gasteiger partial charge in [-0.25, -0.2) is 0 Å². The van der Waals surface area contributed by atoms with Gasteiger partial charge in [0.2, 0.25) is 0 Å². The second-order valence-electron chi connectivity index (χ2n) is 6.96. The minimum Gasteiger partial charge on any atom is -0.496 e. The molecule has 1 amide bonds. The maximum absolute atomic E-state index is 13.1. The van der Waals surface area contributed by atoms with Crippen LogP contribution >= 0.6 is 0 Å². The summed E-state index contributed by atoms with van der Waals surface area (Å²) in [4.78, 5) is 17.3. The van der Waals surface area contributed by atoms with Crippen molar-refractivity contribution in [2.45, 2.75) is 13.5 Å². The molecule has 0 spiro atoms. The molecule has 28 heavy (non-hydrogen) atoms. The van der Waals surface area contributed by atoms with Gasteiger partial charge >= 0.3 is 0 Å². The van der Waals surface area contributed by atoms with Crippen molar-refractivity contribution in [2.24, 2.45) is 0 Å². The van der Waals surface area contributed by atoms with Crippen LogP contribution in [-0.2, 0) is 6.54 Å². The summed E-state index contributed by atoms with van der Waals surface area (Å²) in [6.45, 7) is 6.05. The van der Waals surface area contributed by atoms with Crippen LogP contribution in [0.3, 0.4) is 0 Å². The number of aryl methyl sites for hydroxylation is 1. The van der Waals surface area contributed by atoms with Gasteiger partial charge < -0.3 is 19.1 Å². The molecule has 6 nitrogen and oxygen atoms in total. The molecule has 1 aliphatic heterocycles. The fourth-order valence-electron chi connectivity index (χ4n) is 3.43. The van der Waals surface area contributed by atoms with Crippen LogP contribution in [0.15, 0.2) is 36.4 Å². The van der Waals surface area contributed by atoms with E-state index in [-0.39, 0.29) is 5.91 Å². The highest BCUT2D eigenvalue weighted by molar-refractivity contribution is 5.98. The van der Waals surface area contributed by atoms with Crippen molar-refractivity contribution in [3.05, 3.63) is 53.1 Å². The lowest BCUT2D eigenvalue weighted by Crippen LogP contribution is -2.48. The second kappa shape index (κ2) is 8.97. The second-order valence-corrected chi connectivity index (χ2v) is 6.96. The Labute approximate surface area is 166 Å². The zero-order chi connectivity index (χ0) is 20.1. The van der Waals surface area contributed by atoms with E-state index in [1.807, 2.05) is 4.90 Å². The first-order valence-electron chi connectivity index (χ1n) is 9.43. The largest absolute Gasteiger partial charge is 0.496 e. The molecule has 1 heterocycles. The molecule has 6 heteroatoms. The zero-order valence-corrected chi connectivity index (χ0v) is 17.0. The number of benzene rings is 2. The molecule has 2 aromatic carbocycles. The molecule has 0 saturated carbocycles. The smallest absolute Gasteiger partial charge is 0.257 e. The minimum absolute atomic E-state index is 0.0483. The van der Waals surface area contributed by atoms with Crippen molar-refractivity contribution in [1.29, 1.82) is 0 Å². The third-order valence-electron chi connectivity index (χ3n) is 5.12. The van der Waals surface area contributed by atoms with Gasteiger partial charge in [0.1, 0.15) is 5.75 Å². The Kier molecular flexibility index (Phi) is 6.41. The molecule has 1 fully saturated rings. The highest BCUT2D eigenvalue weighted by Crippen LogP contribution is 2.35. The van der Waals surface area contributed by atoms with Crippen molar-refractivity contribution < 1.29 is 19.0 Å². The molecule has 0 unspecified atom stereocenters. The summed E-state index contributed by atoms with van der Waals surface area (Å²) in [6.07, 6.45) is 0. The van der Waals surface area contributed by atoms with E-state index < -0.39 is 0 Å². The quantitative estimate of drug-likeness (QED) is 0.766. The number of rotatable bonds is 6. The van der Waals surface area contributed by atoms with Gasteiger partial charge in [-0.05, 0) is 12.5 Å². The number of hydrogen-bond donors (Lipinski definition) is 0. The average Bonchev–Trinajstić information content (AvgIpc) is 2.74. The Balaban J connectivity index is 1.67. The Morgan fingerprint density at radius 1 is 0.857 bits per heavy atom. The van der Waals surface area contributed by atoms with Gasteiger partial charge in [0.05, 0.1) is 26.9 Å². The number of piperazine rings is 1. The summed E-state index contributed by atoms with van der Waals surface area (Å²) in [6, 6.07) is 12.0. The van der Waals surface area contributed by atoms with Crippen LogP contribution in [0.5, 0.6) is 17.2 Å².